The van der Waals surface area contributed by atoms with Gasteiger partial charge in [0.05, 0.1) is 0 Å². The number of pyridine rings is 1. The minimum absolute atomic E-state index is 0.00573. The third kappa shape index (κ3) is 6.47. The second-order valence-corrected chi connectivity index (χ2v) is 9.10. The van der Waals surface area contributed by atoms with E-state index in [0.717, 1.165) is 35.3 Å². The van der Waals surface area contributed by atoms with Gasteiger partial charge < -0.3 is 14.5 Å². The molecule has 1 aromatic heterocycles. The Kier molecular flexibility index (Phi) is 8.14. The van der Waals surface area contributed by atoms with Gasteiger partial charge in [0.1, 0.15) is 12.4 Å². The van der Waals surface area contributed by atoms with E-state index in [9.17, 15) is 9.59 Å². The predicted octanol–water partition coefficient (Wildman–Crippen LogP) is 4.58. The maximum atomic E-state index is 13.2. The van der Waals surface area contributed by atoms with Crippen LogP contribution in [0, 0.1) is 13.8 Å². The van der Waals surface area contributed by atoms with Crippen LogP contribution in [0.2, 0.25) is 0 Å². The zero-order chi connectivity index (χ0) is 24.6. The molecule has 0 unspecified atom stereocenters. The molecule has 0 spiro atoms. The van der Waals surface area contributed by atoms with Crippen LogP contribution in [0.15, 0.2) is 67.0 Å². The summed E-state index contributed by atoms with van der Waals surface area (Å²) in [7, 11) is 0. The highest BCUT2D eigenvalue weighted by Gasteiger charge is 2.25. The summed E-state index contributed by atoms with van der Waals surface area (Å²) in [5, 5.41) is 0. The summed E-state index contributed by atoms with van der Waals surface area (Å²) in [5.41, 5.74) is 4.79. The smallest absolute Gasteiger partial charge is 0.253 e. The summed E-state index contributed by atoms with van der Waals surface area (Å²) >= 11 is 0. The zero-order valence-electron chi connectivity index (χ0n) is 20.6. The second-order valence-electron chi connectivity index (χ2n) is 9.10. The average Bonchev–Trinajstić information content (AvgIpc) is 2.89. The highest BCUT2D eigenvalue weighted by Crippen LogP contribution is 2.26. The van der Waals surface area contributed by atoms with Gasteiger partial charge in [0.15, 0.2) is 0 Å². The van der Waals surface area contributed by atoms with Crippen molar-refractivity contribution in [1.29, 1.82) is 0 Å². The molecule has 2 aromatic carbocycles. The lowest BCUT2D eigenvalue weighted by molar-refractivity contribution is -0.132. The quantitative estimate of drug-likeness (QED) is 0.482. The first-order valence-electron chi connectivity index (χ1n) is 12.2. The van der Waals surface area contributed by atoms with Gasteiger partial charge in [-0.15, -0.1) is 0 Å². The van der Waals surface area contributed by atoms with Crippen LogP contribution in [0.3, 0.4) is 0 Å². The first kappa shape index (κ1) is 24.5. The number of carbonyl (C=O) groups is 2. The number of benzene rings is 2. The van der Waals surface area contributed by atoms with Crippen LogP contribution in [0.25, 0.3) is 0 Å². The van der Waals surface area contributed by atoms with Gasteiger partial charge in [-0.05, 0) is 61.6 Å². The van der Waals surface area contributed by atoms with Crippen molar-refractivity contribution in [3.8, 4) is 5.75 Å². The SMILES string of the molecule is Cc1cc(C(=O)N2CCN(C(=O)CCCc3ccccc3)CC2)cc(C)c1OCc1cccnc1. The van der Waals surface area contributed by atoms with E-state index >= 15 is 0 Å². The Morgan fingerprint density at radius 1 is 0.886 bits per heavy atom. The summed E-state index contributed by atoms with van der Waals surface area (Å²) in [6, 6.07) is 17.9. The molecule has 6 heteroatoms. The first-order chi connectivity index (χ1) is 17.0. The van der Waals surface area contributed by atoms with E-state index in [1.165, 1.54) is 5.56 Å². The van der Waals surface area contributed by atoms with E-state index in [2.05, 4.69) is 17.1 Å². The van der Waals surface area contributed by atoms with E-state index < -0.39 is 0 Å². The molecule has 0 N–H and O–H groups in total. The number of ether oxygens (including phenoxy) is 1. The highest BCUT2D eigenvalue weighted by atomic mass is 16.5. The van der Waals surface area contributed by atoms with Crippen molar-refractivity contribution < 1.29 is 14.3 Å². The maximum Gasteiger partial charge on any atom is 0.253 e. The van der Waals surface area contributed by atoms with Crippen LogP contribution in [-0.2, 0) is 17.8 Å². The predicted molar refractivity (Wildman–Crippen MR) is 136 cm³/mol. The fraction of sp³-hybridized carbons (Fsp3) is 0.345. The Morgan fingerprint density at radius 3 is 2.20 bits per heavy atom. The second kappa shape index (κ2) is 11.6. The number of carbonyl (C=O) groups excluding carboxylic acids is 2. The van der Waals surface area contributed by atoms with Gasteiger partial charge in [-0.1, -0.05) is 36.4 Å². The van der Waals surface area contributed by atoms with Gasteiger partial charge in [0.2, 0.25) is 5.91 Å². The summed E-state index contributed by atoms with van der Waals surface area (Å²) in [6.45, 7) is 6.65. The van der Waals surface area contributed by atoms with E-state index in [0.29, 0.717) is 44.8 Å². The summed E-state index contributed by atoms with van der Waals surface area (Å²) in [4.78, 5) is 33.7. The number of aromatic nitrogens is 1. The van der Waals surface area contributed by atoms with Crippen molar-refractivity contribution in [3.63, 3.8) is 0 Å². The van der Waals surface area contributed by atoms with Crippen LogP contribution in [-0.4, -0.2) is 52.8 Å². The monoisotopic (exact) mass is 471 g/mol. The molecule has 0 aliphatic carbocycles. The van der Waals surface area contributed by atoms with E-state index in [4.69, 9.17) is 4.74 Å². The Morgan fingerprint density at radius 2 is 1.54 bits per heavy atom. The fourth-order valence-electron chi connectivity index (χ4n) is 4.53. The molecular formula is C29H33N3O3. The number of rotatable bonds is 8. The fourth-order valence-corrected chi connectivity index (χ4v) is 4.53. The van der Waals surface area contributed by atoms with Gasteiger partial charge in [0, 0.05) is 56.1 Å². The Bertz CT molecular complexity index is 1120. The molecule has 1 aliphatic heterocycles. The zero-order valence-corrected chi connectivity index (χ0v) is 20.6. The minimum Gasteiger partial charge on any atom is -0.488 e. The molecule has 1 aliphatic rings. The van der Waals surface area contributed by atoms with Gasteiger partial charge in [-0.2, -0.15) is 0 Å². The Hall–Kier alpha value is -3.67. The molecule has 3 aromatic rings. The van der Waals surface area contributed by atoms with Crippen LogP contribution in [0.4, 0.5) is 0 Å². The van der Waals surface area contributed by atoms with Crippen LogP contribution < -0.4 is 4.74 Å². The largest absolute Gasteiger partial charge is 0.488 e. The molecule has 2 amide bonds. The standard InChI is InChI=1S/C29H33N3O3/c1-22-18-26(19-23(2)28(22)35-21-25-11-7-13-30-20-25)29(34)32-16-14-31(15-17-32)27(33)12-6-10-24-8-4-3-5-9-24/h3-5,7-9,11,13,18-20H,6,10,12,14-17,21H2,1-2H3. The summed E-state index contributed by atoms with van der Waals surface area (Å²) in [6.07, 6.45) is 5.82. The molecule has 1 saturated heterocycles. The van der Waals surface area contributed by atoms with E-state index in [1.807, 2.05) is 66.1 Å². The molecule has 0 radical (unpaired) electrons. The Labute approximate surface area is 207 Å². The van der Waals surface area contributed by atoms with E-state index in [1.54, 1.807) is 12.4 Å². The summed E-state index contributed by atoms with van der Waals surface area (Å²) in [5.74, 6) is 0.984. The number of amides is 2. The third-order valence-electron chi connectivity index (χ3n) is 6.43. The number of nitrogens with zero attached hydrogens (tertiary/aromatic N) is 3. The molecule has 0 bridgehead atoms. The lowest BCUT2D eigenvalue weighted by Crippen LogP contribution is -2.50. The van der Waals surface area contributed by atoms with Crippen LogP contribution in [0.5, 0.6) is 5.75 Å². The number of hydrogen-bond acceptors (Lipinski definition) is 4. The summed E-state index contributed by atoms with van der Waals surface area (Å²) < 4.78 is 6.03. The molecule has 6 nitrogen and oxygen atoms in total. The molecule has 0 saturated carbocycles. The van der Waals surface area contributed by atoms with Gasteiger partial charge in [0.25, 0.3) is 5.91 Å². The molecule has 35 heavy (non-hydrogen) atoms. The van der Waals surface area contributed by atoms with Gasteiger partial charge in [-0.25, -0.2) is 0 Å². The lowest BCUT2D eigenvalue weighted by atomic mass is 10.0. The van der Waals surface area contributed by atoms with Crippen LogP contribution >= 0.6 is 0 Å². The Balaban J connectivity index is 1.28. The van der Waals surface area contributed by atoms with Crippen molar-refractivity contribution in [2.24, 2.45) is 0 Å². The molecule has 2 heterocycles. The number of piperazine rings is 1. The van der Waals surface area contributed by atoms with Crippen molar-refractivity contribution in [2.45, 2.75) is 39.7 Å². The maximum absolute atomic E-state index is 13.2. The first-order valence-corrected chi connectivity index (χ1v) is 12.2. The average molecular weight is 472 g/mol. The van der Waals surface area contributed by atoms with Gasteiger partial charge >= 0.3 is 0 Å². The minimum atomic E-state index is 0.00573. The molecule has 4 rings (SSSR count). The van der Waals surface area contributed by atoms with Crippen molar-refractivity contribution >= 4 is 11.8 Å². The van der Waals surface area contributed by atoms with Crippen LogP contribution in [0.1, 0.15) is 45.5 Å². The topological polar surface area (TPSA) is 62.7 Å². The lowest BCUT2D eigenvalue weighted by Gasteiger charge is -2.35. The van der Waals surface area contributed by atoms with E-state index in [-0.39, 0.29) is 11.8 Å². The van der Waals surface area contributed by atoms with Gasteiger partial charge in [-0.3, -0.25) is 14.6 Å². The normalized spacial score (nSPS) is 13.5. The van der Waals surface area contributed by atoms with Crippen molar-refractivity contribution in [2.75, 3.05) is 26.2 Å². The molecule has 1 fully saturated rings. The molecule has 0 atom stereocenters. The van der Waals surface area contributed by atoms with Crippen molar-refractivity contribution in [3.05, 3.63) is 94.8 Å². The third-order valence-corrected chi connectivity index (χ3v) is 6.43. The number of hydrogen-bond donors (Lipinski definition) is 0. The molecule has 182 valence electrons. The van der Waals surface area contributed by atoms with Crippen molar-refractivity contribution in [1.82, 2.24) is 14.8 Å². The highest BCUT2D eigenvalue weighted by molar-refractivity contribution is 5.95. The number of aryl methyl sites for hydroxylation is 3. The molecular weight excluding hydrogens is 438 g/mol.